The number of nitrogens with zero attached hydrogens (tertiary/aromatic N) is 2. The van der Waals surface area contributed by atoms with Crippen LogP contribution in [0.15, 0.2) is 41.9 Å². The van der Waals surface area contributed by atoms with Crippen LogP contribution in [0.2, 0.25) is 0 Å². The molecule has 2 aromatic rings. The number of alkyl halides is 2. The van der Waals surface area contributed by atoms with Gasteiger partial charge >= 0.3 is 0 Å². The number of aryl methyl sites for hydroxylation is 1. The van der Waals surface area contributed by atoms with Gasteiger partial charge in [-0.2, -0.15) is 8.78 Å². The van der Waals surface area contributed by atoms with Crippen LogP contribution in [0.25, 0.3) is 5.70 Å². The third kappa shape index (κ3) is 4.41. The monoisotopic (exact) mass is 432 g/mol. The molecule has 4 rings (SSSR count). The quantitative estimate of drug-likeness (QED) is 0.623. The fourth-order valence-corrected chi connectivity index (χ4v) is 4.57. The third-order valence-corrected chi connectivity index (χ3v) is 7.09. The molecule has 1 fully saturated rings. The molecule has 0 spiro atoms. The molecule has 0 amide bonds. The average Bonchev–Trinajstić information content (AvgIpc) is 3.40. The van der Waals surface area contributed by atoms with Gasteiger partial charge in [-0.3, -0.25) is 4.98 Å². The highest BCUT2D eigenvalue weighted by Crippen LogP contribution is 2.37. The van der Waals surface area contributed by atoms with Crippen molar-refractivity contribution in [2.24, 2.45) is 5.92 Å². The number of pyridine rings is 1. The van der Waals surface area contributed by atoms with Gasteiger partial charge in [-0.1, -0.05) is 25.5 Å². The first-order valence-corrected chi connectivity index (χ1v) is 12.0. The zero-order chi connectivity index (χ0) is 21.7. The lowest BCUT2D eigenvalue weighted by Crippen LogP contribution is -2.15. The van der Waals surface area contributed by atoms with Gasteiger partial charge in [-0.25, -0.2) is 8.42 Å². The molecule has 0 saturated heterocycles. The first-order valence-electron chi connectivity index (χ1n) is 10.2. The predicted molar refractivity (Wildman–Crippen MR) is 113 cm³/mol. The Balaban J connectivity index is 1.62. The molecule has 1 aromatic heterocycles. The molecule has 1 saturated carbocycles. The lowest BCUT2D eigenvalue weighted by Gasteiger charge is -2.23. The van der Waals surface area contributed by atoms with E-state index in [-0.39, 0.29) is 10.6 Å². The van der Waals surface area contributed by atoms with E-state index in [0.717, 1.165) is 47.9 Å². The van der Waals surface area contributed by atoms with Gasteiger partial charge in [-0.15, -0.1) is 0 Å². The van der Waals surface area contributed by atoms with Gasteiger partial charge < -0.3 is 4.90 Å². The summed E-state index contributed by atoms with van der Waals surface area (Å²) in [5.74, 6) is -2.23. The van der Waals surface area contributed by atoms with Crippen molar-refractivity contribution >= 4 is 15.5 Å². The minimum Gasteiger partial charge on any atom is -0.363 e. The van der Waals surface area contributed by atoms with Crippen LogP contribution < -0.4 is 0 Å². The summed E-state index contributed by atoms with van der Waals surface area (Å²) < 4.78 is 51.5. The molecule has 1 aliphatic heterocycles. The predicted octanol–water partition coefficient (Wildman–Crippen LogP) is 4.93. The molecule has 1 aliphatic carbocycles. The zero-order valence-corrected chi connectivity index (χ0v) is 18.1. The Morgan fingerprint density at radius 1 is 1.23 bits per heavy atom. The largest absolute Gasteiger partial charge is 0.363 e. The zero-order valence-electron chi connectivity index (χ0n) is 17.3. The smallest absolute Gasteiger partial charge is 0.286 e. The lowest BCUT2D eigenvalue weighted by molar-refractivity contribution is 0.0127. The highest BCUT2D eigenvalue weighted by molar-refractivity contribution is 7.90. The van der Waals surface area contributed by atoms with Crippen molar-refractivity contribution in [3.8, 4) is 0 Å². The number of rotatable bonds is 7. The number of sulfone groups is 1. The molecule has 0 N–H and O–H groups in total. The summed E-state index contributed by atoms with van der Waals surface area (Å²) in [6, 6.07) is 6.71. The molecular weight excluding hydrogens is 406 g/mol. The standard InChI is InChI=1S/C23H26F2N2O2S/c1-15(27-13-18-10-22(23(2,24)25)26-12-19(18)14-27)21-11-20(30(3,28)29)9-8-17(21)7-6-16-4-5-16/h8-12,16H,1,4-7,13-14H2,2-3H3. The maximum Gasteiger partial charge on any atom is 0.286 e. The summed E-state index contributed by atoms with van der Waals surface area (Å²) in [6.07, 6.45) is 7.18. The first-order chi connectivity index (χ1) is 14.0. The normalized spacial score (nSPS) is 16.6. The number of hydrogen-bond donors (Lipinski definition) is 0. The summed E-state index contributed by atoms with van der Waals surface area (Å²) in [7, 11) is -3.35. The van der Waals surface area contributed by atoms with Crippen molar-refractivity contribution in [3.05, 3.63) is 65.0 Å². The van der Waals surface area contributed by atoms with E-state index in [0.29, 0.717) is 18.8 Å². The van der Waals surface area contributed by atoms with Gasteiger partial charge in [0.05, 0.1) is 4.90 Å². The Labute approximate surface area is 176 Å². The molecule has 4 nitrogen and oxygen atoms in total. The second kappa shape index (κ2) is 7.45. The SMILES string of the molecule is C=C(c1cc(S(C)(=O)=O)ccc1CCC1CC1)N1Cc2cnc(C(C)(F)F)cc2C1. The third-order valence-electron chi connectivity index (χ3n) is 5.98. The number of fused-ring (bicyclic) bond motifs is 1. The summed E-state index contributed by atoms with van der Waals surface area (Å²) in [4.78, 5) is 6.19. The van der Waals surface area contributed by atoms with E-state index in [1.807, 2.05) is 11.0 Å². The lowest BCUT2D eigenvalue weighted by atomic mass is 9.99. The van der Waals surface area contributed by atoms with Gasteiger partial charge in [0.15, 0.2) is 9.84 Å². The number of benzene rings is 1. The van der Waals surface area contributed by atoms with Crippen molar-refractivity contribution in [1.82, 2.24) is 9.88 Å². The van der Waals surface area contributed by atoms with Crippen LogP contribution in [-0.4, -0.2) is 24.6 Å². The van der Waals surface area contributed by atoms with Crippen LogP contribution in [0, 0.1) is 5.92 Å². The van der Waals surface area contributed by atoms with E-state index < -0.39 is 15.8 Å². The second-order valence-corrected chi connectivity index (χ2v) is 10.6. The van der Waals surface area contributed by atoms with E-state index >= 15 is 0 Å². The molecule has 0 atom stereocenters. The maximum absolute atomic E-state index is 13.7. The first kappa shape index (κ1) is 21.0. The van der Waals surface area contributed by atoms with Crippen molar-refractivity contribution in [1.29, 1.82) is 0 Å². The van der Waals surface area contributed by atoms with Gasteiger partial charge in [0, 0.05) is 43.7 Å². The highest BCUT2D eigenvalue weighted by Gasteiger charge is 2.30. The van der Waals surface area contributed by atoms with Crippen LogP contribution in [0.4, 0.5) is 8.78 Å². The maximum atomic E-state index is 13.7. The average molecular weight is 433 g/mol. The molecule has 2 aliphatic rings. The Morgan fingerprint density at radius 3 is 2.57 bits per heavy atom. The Morgan fingerprint density at radius 2 is 1.93 bits per heavy atom. The van der Waals surface area contributed by atoms with Gasteiger partial charge in [0.25, 0.3) is 5.92 Å². The molecule has 0 unspecified atom stereocenters. The van der Waals surface area contributed by atoms with Crippen molar-refractivity contribution in [3.63, 3.8) is 0 Å². The minimum atomic E-state index is -3.35. The van der Waals surface area contributed by atoms with E-state index in [1.165, 1.54) is 31.4 Å². The van der Waals surface area contributed by atoms with E-state index in [9.17, 15) is 17.2 Å². The molecule has 0 radical (unpaired) electrons. The van der Waals surface area contributed by atoms with Crippen LogP contribution in [0.3, 0.4) is 0 Å². The Bertz CT molecular complexity index is 1100. The van der Waals surface area contributed by atoms with E-state index in [1.54, 1.807) is 12.1 Å². The van der Waals surface area contributed by atoms with E-state index in [2.05, 4.69) is 11.6 Å². The van der Waals surface area contributed by atoms with Gasteiger partial charge in [-0.05, 0) is 53.6 Å². The number of halogens is 2. The number of aromatic nitrogens is 1. The van der Waals surface area contributed by atoms with Crippen LogP contribution in [0.5, 0.6) is 0 Å². The van der Waals surface area contributed by atoms with Crippen LogP contribution >= 0.6 is 0 Å². The second-order valence-electron chi connectivity index (χ2n) is 8.60. The van der Waals surface area contributed by atoms with Gasteiger partial charge in [0.1, 0.15) is 5.69 Å². The molecule has 2 heterocycles. The summed E-state index contributed by atoms with van der Waals surface area (Å²) in [5.41, 5.74) is 4.07. The molecule has 160 valence electrons. The molecule has 0 bridgehead atoms. The van der Waals surface area contributed by atoms with Crippen molar-refractivity contribution < 1.29 is 17.2 Å². The molecule has 30 heavy (non-hydrogen) atoms. The Kier molecular flexibility index (Phi) is 5.21. The molecule has 7 heteroatoms. The molecular formula is C23H26F2N2O2S. The van der Waals surface area contributed by atoms with Crippen molar-refractivity contribution in [2.45, 2.75) is 56.5 Å². The molecule has 1 aromatic carbocycles. The summed E-state index contributed by atoms with van der Waals surface area (Å²) in [6.45, 7) is 6.06. The topological polar surface area (TPSA) is 50.3 Å². The summed E-state index contributed by atoms with van der Waals surface area (Å²) in [5, 5.41) is 0. The van der Waals surface area contributed by atoms with Gasteiger partial charge in [0.2, 0.25) is 0 Å². The number of hydrogen-bond acceptors (Lipinski definition) is 4. The van der Waals surface area contributed by atoms with E-state index in [4.69, 9.17) is 0 Å². The minimum absolute atomic E-state index is 0.238. The fourth-order valence-electron chi connectivity index (χ4n) is 3.92. The fraction of sp³-hybridized carbons (Fsp3) is 0.435. The summed E-state index contributed by atoms with van der Waals surface area (Å²) >= 11 is 0. The van der Waals surface area contributed by atoms with Crippen LogP contribution in [-0.2, 0) is 35.3 Å². The van der Waals surface area contributed by atoms with Crippen molar-refractivity contribution in [2.75, 3.05) is 6.26 Å². The Hall–Kier alpha value is -2.28. The van der Waals surface area contributed by atoms with Crippen LogP contribution in [0.1, 0.15) is 54.1 Å². The highest BCUT2D eigenvalue weighted by atomic mass is 32.2.